The van der Waals surface area contributed by atoms with Crippen molar-refractivity contribution in [3.05, 3.63) is 59.0 Å². The van der Waals surface area contributed by atoms with Crippen LogP contribution in [0.1, 0.15) is 15.6 Å². The quantitative estimate of drug-likeness (QED) is 0.345. The third-order valence-corrected chi connectivity index (χ3v) is 4.70. The zero-order valence-corrected chi connectivity index (χ0v) is 14.3. The third-order valence-electron chi connectivity index (χ3n) is 3.82. The lowest BCUT2D eigenvalue weighted by molar-refractivity contribution is -0.225. The maximum Gasteiger partial charge on any atom is 0.331 e. The minimum Gasteiger partial charge on any atom is -0.722 e. The van der Waals surface area contributed by atoms with Crippen molar-refractivity contribution < 1.29 is 21.3 Å². The summed E-state index contributed by atoms with van der Waals surface area (Å²) in [5, 5.41) is 3.54. The zero-order chi connectivity index (χ0) is 17.3. The molecule has 0 aliphatic heterocycles. The summed E-state index contributed by atoms with van der Waals surface area (Å²) in [7, 11) is -3.65. The molecule has 7 heteroatoms. The predicted molar refractivity (Wildman–Crippen MR) is 92.0 cm³/mol. The Balaban J connectivity index is 0.000000300. The maximum atomic E-state index is 10.1. The molecule has 2 aromatic carbocycles. The average molecular weight is 364 g/mol. The van der Waals surface area contributed by atoms with Gasteiger partial charge in [-0.15, -0.1) is 15.2 Å². The second kappa shape index (κ2) is 6.43. The van der Waals surface area contributed by atoms with Crippen molar-refractivity contribution in [2.45, 2.75) is 6.42 Å². The molecule has 1 aliphatic rings. The Bertz CT molecular complexity index is 1030. The van der Waals surface area contributed by atoms with Crippen LogP contribution in [0.5, 0.6) is 0 Å². The first kappa shape index (κ1) is 16.8. The van der Waals surface area contributed by atoms with Gasteiger partial charge in [-0.25, -0.2) is 8.42 Å². The number of rotatable bonds is 0. The first-order chi connectivity index (χ1) is 11.4. The Morgan fingerprint density at radius 1 is 1.12 bits per heavy atom. The number of benzene rings is 2. The number of fused-ring (bicyclic) bond motifs is 5. The van der Waals surface area contributed by atoms with Gasteiger partial charge in [0.05, 0.1) is 12.0 Å². The minimum absolute atomic E-state index is 0.884. The molecule has 1 aliphatic carbocycles. The molecule has 0 atom stereocenters. The Labute approximate surface area is 142 Å². The number of halogens is 1. The van der Waals surface area contributed by atoms with Gasteiger partial charge in [0.2, 0.25) is 0 Å². The van der Waals surface area contributed by atoms with Crippen LogP contribution < -0.4 is 0 Å². The molecule has 4 rings (SSSR count). The van der Waals surface area contributed by atoms with E-state index in [0.29, 0.717) is 0 Å². The SMILES string of the molecule is C[O+]=C1Cc2ccc3sccc3c2-c2ccccc21.O=S(=O)([O-])F. The summed E-state index contributed by atoms with van der Waals surface area (Å²) < 4.78 is 42.3. The molecule has 0 saturated carbocycles. The number of carbonyl (C=O) groups excluding carboxylic acids is 1. The summed E-state index contributed by atoms with van der Waals surface area (Å²) in [4.78, 5) is 0. The highest BCUT2D eigenvalue weighted by molar-refractivity contribution is 7.80. The van der Waals surface area contributed by atoms with Crippen LogP contribution in [0.4, 0.5) is 3.89 Å². The van der Waals surface area contributed by atoms with E-state index in [4.69, 9.17) is 17.4 Å². The Kier molecular flexibility index (Phi) is 4.49. The summed E-state index contributed by atoms with van der Waals surface area (Å²) in [5.41, 5.74) is 5.28. The third kappa shape index (κ3) is 3.38. The summed E-state index contributed by atoms with van der Waals surface area (Å²) in [6.07, 6.45) is 0.884. The van der Waals surface area contributed by atoms with Gasteiger partial charge in [0, 0.05) is 10.1 Å². The first-order valence-corrected chi connectivity index (χ1v) is 9.21. The molecular formula is C17H13FO4S2. The van der Waals surface area contributed by atoms with Crippen molar-refractivity contribution in [3.63, 3.8) is 0 Å². The van der Waals surface area contributed by atoms with Crippen LogP contribution in [0.15, 0.2) is 47.8 Å². The van der Waals surface area contributed by atoms with Crippen LogP contribution >= 0.6 is 11.3 Å². The molecule has 0 radical (unpaired) electrons. The van der Waals surface area contributed by atoms with Gasteiger partial charge in [-0.1, -0.05) is 24.3 Å². The Morgan fingerprint density at radius 2 is 1.79 bits per heavy atom. The van der Waals surface area contributed by atoms with Crippen LogP contribution in [-0.2, 0) is 16.9 Å². The summed E-state index contributed by atoms with van der Waals surface area (Å²) in [6.45, 7) is 0. The lowest BCUT2D eigenvalue weighted by Crippen LogP contribution is -2.13. The van der Waals surface area contributed by atoms with E-state index >= 15 is 0 Å². The average Bonchev–Trinajstić information content (AvgIpc) is 3.00. The van der Waals surface area contributed by atoms with Crippen LogP contribution in [0.3, 0.4) is 0 Å². The summed E-state index contributed by atoms with van der Waals surface area (Å²) >= 11 is 1.80. The molecule has 0 saturated heterocycles. The van der Waals surface area contributed by atoms with Gasteiger partial charge in [-0.2, -0.15) is 0 Å². The van der Waals surface area contributed by atoms with E-state index in [1.807, 2.05) is 0 Å². The molecule has 4 nitrogen and oxygen atoms in total. The molecule has 124 valence electrons. The number of ketones is 1. The van der Waals surface area contributed by atoms with E-state index in [9.17, 15) is 3.89 Å². The molecule has 0 bridgehead atoms. The molecule has 0 amide bonds. The molecule has 0 N–H and O–H groups in total. The summed E-state index contributed by atoms with van der Waals surface area (Å²) in [5.74, 6) is 1.07. The van der Waals surface area contributed by atoms with Crippen molar-refractivity contribution >= 4 is 37.7 Å². The maximum absolute atomic E-state index is 10.1. The fraction of sp³-hybridized carbons (Fsp3) is 0.118. The highest BCUT2D eigenvalue weighted by atomic mass is 32.3. The van der Waals surface area contributed by atoms with Crippen LogP contribution in [0.2, 0.25) is 0 Å². The molecule has 0 unspecified atom stereocenters. The molecule has 24 heavy (non-hydrogen) atoms. The largest absolute Gasteiger partial charge is 0.722 e. The van der Waals surface area contributed by atoms with E-state index in [1.54, 1.807) is 18.4 Å². The van der Waals surface area contributed by atoms with Gasteiger partial charge >= 0.3 is 5.78 Å². The highest BCUT2D eigenvalue weighted by Crippen LogP contribution is 2.40. The predicted octanol–water partition coefficient (Wildman–Crippen LogP) is 3.89. The molecule has 1 heterocycles. The van der Waals surface area contributed by atoms with E-state index in [-0.39, 0.29) is 0 Å². The van der Waals surface area contributed by atoms with Crippen molar-refractivity contribution in [1.82, 2.24) is 0 Å². The Hall–Kier alpha value is -2.09. The van der Waals surface area contributed by atoms with Crippen LogP contribution in [0, 0.1) is 0 Å². The van der Waals surface area contributed by atoms with Gasteiger partial charge in [0.1, 0.15) is 0 Å². The lowest BCUT2D eigenvalue weighted by Gasteiger charge is -2.17. The van der Waals surface area contributed by atoms with E-state index < -0.39 is 10.5 Å². The smallest absolute Gasteiger partial charge is 0.331 e. The molecule has 0 spiro atoms. The second-order valence-electron chi connectivity index (χ2n) is 5.17. The van der Waals surface area contributed by atoms with E-state index in [1.165, 1.54) is 32.3 Å². The van der Waals surface area contributed by atoms with Crippen molar-refractivity contribution in [3.8, 4) is 11.1 Å². The van der Waals surface area contributed by atoms with Crippen molar-refractivity contribution in [2.75, 3.05) is 7.11 Å². The zero-order valence-electron chi connectivity index (χ0n) is 12.7. The first-order valence-electron chi connectivity index (χ1n) is 7.02. The van der Waals surface area contributed by atoms with E-state index in [0.717, 1.165) is 12.2 Å². The molecule has 0 fully saturated rings. The second-order valence-corrected chi connectivity index (χ2v) is 6.91. The molecule has 3 aromatic rings. The highest BCUT2D eigenvalue weighted by Gasteiger charge is 2.28. The summed E-state index contributed by atoms with van der Waals surface area (Å²) in [6, 6.07) is 15.2. The van der Waals surface area contributed by atoms with Crippen LogP contribution in [0.25, 0.3) is 21.2 Å². The van der Waals surface area contributed by atoms with Gasteiger partial charge in [0.15, 0.2) is 0 Å². The number of thiophene rings is 1. The molecule has 1 aromatic heterocycles. The fourth-order valence-corrected chi connectivity index (χ4v) is 3.74. The van der Waals surface area contributed by atoms with Gasteiger partial charge < -0.3 is 4.55 Å². The van der Waals surface area contributed by atoms with Crippen molar-refractivity contribution in [1.29, 1.82) is 0 Å². The topological polar surface area (TPSA) is 68.5 Å². The standard InChI is InChI=1S/C17H13OS.FHO3S/c1-18-15-10-11-6-7-16-14(8-9-19-16)17(11)13-5-3-2-4-12(13)15;1-5(2,3)4/h2-9H,10H2,1H3;(H,2,3,4)/q+1;/p-1. The Morgan fingerprint density at radius 3 is 2.46 bits per heavy atom. The minimum atomic E-state index is -5.42. The number of hydrogen-bond acceptors (Lipinski definition) is 4. The van der Waals surface area contributed by atoms with E-state index in [2.05, 4.69) is 47.8 Å². The lowest BCUT2D eigenvalue weighted by atomic mass is 9.83. The van der Waals surface area contributed by atoms with Gasteiger partial charge in [-0.3, -0.25) is 4.42 Å². The molecular weight excluding hydrogens is 351 g/mol. The number of hydrogen-bond donors (Lipinski definition) is 0. The van der Waals surface area contributed by atoms with Crippen LogP contribution in [-0.4, -0.2) is 25.9 Å². The normalized spacial score (nSPS) is 14.7. The fourth-order valence-electron chi connectivity index (χ4n) is 2.95. The monoisotopic (exact) mass is 364 g/mol. The van der Waals surface area contributed by atoms with Gasteiger partial charge in [-0.05, 0) is 40.3 Å². The van der Waals surface area contributed by atoms with Crippen molar-refractivity contribution in [2.24, 2.45) is 0 Å². The van der Waals surface area contributed by atoms with Gasteiger partial charge in [0.25, 0.3) is 17.6 Å².